The zero-order valence-electron chi connectivity index (χ0n) is 38.5. The molecular formula is C53H54N4O11. The molecule has 2 saturated heterocycles. The molecule has 15 nitrogen and oxygen atoms in total. The van der Waals surface area contributed by atoms with Gasteiger partial charge in [-0.25, -0.2) is 14.5 Å². The van der Waals surface area contributed by atoms with Crippen molar-refractivity contribution in [2.45, 2.75) is 62.5 Å². The summed E-state index contributed by atoms with van der Waals surface area (Å²) in [5, 5.41) is 12.9. The van der Waals surface area contributed by atoms with Gasteiger partial charge in [-0.1, -0.05) is 111 Å². The highest BCUT2D eigenvalue weighted by Crippen LogP contribution is 2.67. The zero-order chi connectivity index (χ0) is 47.9. The molecule has 1 spiro atoms. The average molecular weight is 923 g/mol. The van der Waals surface area contributed by atoms with E-state index in [0.29, 0.717) is 40.4 Å². The molecule has 9 rings (SSSR count). The fourth-order valence-electron chi connectivity index (χ4n) is 10.9. The number of rotatable bonds is 12. The summed E-state index contributed by atoms with van der Waals surface area (Å²) in [5.41, 5.74) is 2.03. The van der Waals surface area contributed by atoms with Gasteiger partial charge in [0, 0.05) is 18.7 Å². The fourth-order valence-corrected chi connectivity index (χ4v) is 10.9. The Balaban J connectivity index is 1.33. The number of urea groups is 1. The summed E-state index contributed by atoms with van der Waals surface area (Å²) in [6, 6.07) is 30.9. The minimum absolute atomic E-state index is 0.105. The molecule has 4 aliphatic heterocycles. The molecule has 5 aromatic carbocycles. The van der Waals surface area contributed by atoms with E-state index in [1.165, 1.54) is 14.2 Å². The van der Waals surface area contributed by atoms with Crippen LogP contribution in [0.4, 0.5) is 10.5 Å². The van der Waals surface area contributed by atoms with E-state index < -0.39 is 77.3 Å². The van der Waals surface area contributed by atoms with Gasteiger partial charge in [0.15, 0.2) is 11.5 Å². The first-order valence-corrected chi connectivity index (χ1v) is 22.7. The number of aliphatic hydroxyl groups is 1. The number of hydrogen-bond acceptors (Lipinski definition) is 12. The number of nitrogens with zero attached hydrogens (tertiary/aromatic N) is 3. The van der Waals surface area contributed by atoms with Gasteiger partial charge < -0.3 is 39.0 Å². The minimum atomic E-state index is -2.05. The van der Waals surface area contributed by atoms with Crippen LogP contribution in [-0.4, -0.2) is 97.9 Å². The van der Waals surface area contributed by atoms with Gasteiger partial charge in [-0.15, -0.1) is 0 Å². The molecule has 4 amide bonds. The Morgan fingerprint density at radius 3 is 2.09 bits per heavy atom. The SMILES string of the molecule is COC(=O)[C@@H](NC(=O)N1C(=O)[C@@]2(c3ccccc31)[C@H](c1ccccc1OCCO)N1[C@H](c3ccccc3)[C@H](c3ccccc3)OC(=O)[C@H]1[C@@H]2C(=O)N1CCc2cc(OC)c(OC)cc2C1)C(C)C. The van der Waals surface area contributed by atoms with Gasteiger partial charge in [0.05, 0.1) is 51.6 Å². The minimum Gasteiger partial charge on any atom is -0.493 e. The molecule has 2 N–H and O–H groups in total. The van der Waals surface area contributed by atoms with Gasteiger partial charge >= 0.3 is 18.0 Å². The highest BCUT2D eigenvalue weighted by molar-refractivity contribution is 6.25. The van der Waals surface area contributed by atoms with Gasteiger partial charge in [0.1, 0.15) is 36.0 Å². The van der Waals surface area contributed by atoms with Crippen LogP contribution in [0, 0.1) is 11.8 Å². The molecule has 4 aliphatic rings. The smallest absolute Gasteiger partial charge is 0.329 e. The standard InChI is InChI=1S/C53H54N4O11/c1-31(2)43(49(60)66-5)54-52(63)56-38-22-14-13-21-37(38)53(51(56)62)42(48(59)55-25-24-34-28-40(64-3)41(65-4)29-35(34)30-55)45-50(61)68-46(33-18-10-7-11-19-33)44(32-16-8-6-9-17-32)57(45)47(53)36-20-12-15-23-39(36)67-27-26-58/h6-23,28-29,31,42-47,58H,24-27,30H2,1-5H3,(H,54,63)/t42-,43+,44-,45-,46+,47+,53-/m1/s1. The first-order valence-electron chi connectivity index (χ1n) is 22.7. The van der Waals surface area contributed by atoms with Crippen LogP contribution >= 0.6 is 0 Å². The van der Waals surface area contributed by atoms with Gasteiger partial charge in [0.2, 0.25) is 11.8 Å². The van der Waals surface area contributed by atoms with Crippen molar-refractivity contribution in [3.63, 3.8) is 0 Å². The number of methoxy groups -OCH3 is 3. The molecule has 0 saturated carbocycles. The third-order valence-corrected chi connectivity index (χ3v) is 13.8. The lowest BCUT2D eigenvalue weighted by Gasteiger charge is -2.46. The second kappa shape index (κ2) is 18.8. The van der Waals surface area contributed by atoms with Crippen LogP contribution < -0.4 is 24.4 Å². The van der Waals surface area contributed by atoms with Crippen LogP contribution in [0.5, 0.6) is 17.2 Å². The maximum atomic E-state index is 16.6. The Bertz CT molecular complexity index is 2730. The predicted octanol–water partition coefficient (Wildman–Crippen LogP) is 6.23. The van der Waals surface area contributed by atoms with Crippen LogP contribution in [0.3, 0.4) is 0 Å². The number of amides is 4. The average Bonchev–Trinajstić information content (AvgIpc) is 3.83. The molecule has 352 valence electrons. The number of imide groups is 1. The van der Waals surface area contributed by atoms with E-state index in [-0.39, 0.29) is 32.0 Å². The molecule has 2 fully saturated rings. The first-order chi connectivity index (χ1) is 33.0. The summed E-state index contributed by atoms with van der Waals surface area (Å²) < 4.78 is 29.3. The second-order valence-electron chi connectivity index (χ2n) is 17.7. The second-order valence-corrected chi connectivity index (χ2v) is 17.7. The molecule has 5 aromatic rings. The summed E-state index contributed by atoms with van der Waals surface area (Å²) >= 11 is 0. The molecule has 68 heavy (non-hydrogen) atoms. The van der Waals surface area contributed by atoms with Crippen molar-refractivity contribution in [2.24, 2.45) is 11.8 Å². The molecular weight excluding hydrogens is 869 g/mol. The highest BCUT2D eigenvalue weighted by Gasteiger charge is 2.76. The molecule has 0 bridgehead atoms. The van der Waals surface area contributed by atoms with E-state index in [1.807, 2.05) is 77.7 Å². The van der Waals surface area contributed by atoms with Crippen molar-refractivity contribution in [3.8, 4) is 17.2 Å². The van der Waals surface area contributed by atoms with E-state index in [1.54, 1.807) is 74.4 Å². The number of aliphatic hydroxyl groups excluding tert-OH is 1. The lowest BCUT2D eigenvalue weighted by Crippen LogP contribution is -2.58. The van der Waals surface area contributed by atoms with E-state index in [2.05, 4.69) is 5.32 Å². The van der Waals surface area contributed by atoms with E-state index >= 15 is 14.4 Å². The Morgan fingerprint density at radius 2 is 1.43 bits per heavy atom. The quantitative estimate of drug-likeness (QED) is 0.135. The summed E-state index contributed by atoms with van der Waals surface area (Å²) in [6.45, 7) is 3.38. The Kier molecular flexibility index (Phi) is 12.7. The number of carbonyl (C=O) groups excluding carboxylic acids is 5. The third-order valence-electron chi connectivity index (χ3n) is 13.8. The van der Waals surface area contributed by atoms with Gasteiger partial charge in [-0.3, -0.25) is 19.3 Å². The van der Waals surface area contributed by atoms with Crippen molar-refractivity contribution < 1.29 is 52.8 Å². The molecule has 0 aliphatic carbocycles. The Labute approximate surface area is 394 Å². The van der Waals surface area contributed by atoms with E-state index in [0.717, 1.165) is 21.6 Å². The number of benzene rings is 5. The van der Waals surface area contributed by atoms with Crippen LogP contribution in [0.25, 0.3) is 0 Å². The number of esters is 2. The maximum absolute atomic E-state index is 16.6. The zero-order valence-corrected chi connectivity index (χ0v) is 38.5. The van der Waals surface area contributed by atoms with Crippen LogP contribution in [0.1, 0.15) is 65.4 Å². The van der Waals surface area contributed by atoms with Crippen molar-refractivity contribution >= 4 is 35.5 Å². The largest absolute Gasteiger partial charge is 0.493 e. The lowest BCUT2D eigenvalue weighted by atomic mass is 9.65. The van der Waals surface area contributed by atoms with Crippen molar-refractivity contribution in [1.82, 2.24) is 15.1 Å². The van der Waals surface area contributed by atoms with E-state index in [4.69, 9.17) is 23.7 Å². The topological polar surface area (TPSA) is 173 Å². The monoisotopic (exact) mass is 922 g/mol. The fraction of sp³-hybridized carbons (Fsp3) is 0.340. The highest BCUT2D eigenvalue weighted by atomic mass is 16.6. The molecule has 4 heterocycles. The Morgan fingerprint density at radius 1 is 0.794 bits per heavy atom. The third kappa shape index (κ3) is 7.49. The summed E-state index contributed by atoms with van der Waals surface area (Å²) in [7, 11) is 4.32. The van der Waals surface area contributed by atoms with Crippen LogP contribution in [0.15, 0.2) is 121 Å². The number of fused-ring (bicyclic) bond motifs is 4. The number of ether oxygens (including phenoxy) is 5. The molecule has 7 atom stereocenters. The van der Waals surface area contributed by atoms with Crippen LogP contribution in [-0.2, 0) is 47.0 Å². The van der Waals surface area contributed by atoms with Crippen molar-refractivity contribution in [3.05, 3.63) is 155 Å². The molecule has 0 radical (unpaired) electrons. The molecule has 0 unspecified atom stereocenters. The van der Waals surface area contributed by atoms with Crippen LogP contribution in [0.2, 0.25) is 0 Å². The normalized spacial score (nSPS) is 23.3. The number of cyclic esters (lactones) is 1. The summed E-state index contributed by atoms with van der Waals surface area (Å²) in [4.78, 5) is 81.2. The molecule has 15 heteroatoms. The van der Waals surface area contributed by atoms with Crippen molar-refractivity contribution in [2.75, 3.05) is 46.0 Å². The first kappa shape index (κ1) is 45.9. The number of hydrogen-bond donors (Lipinski definition) is 2. The number of para-hydroxylation sites is 2. The Hall–Kier alpha value is -7.23. The predicted molar refractivity (Wildman–Crippen MR) is 249 cm³/mol. The summed E-state index contributed by atoms with van der Waals surface area (Å²) in [5.74, 6) is -3.39. The van der Waals surface area contributed by atoms with Gasteiger partial charge in [0.25, 0.3) is 0 Å². The number of carbonyl (C=O) groups is 5. The summed E-state index contributed by atoms with van der Waals surface area (Å²) in [6.07, 6.45) is -0.517. The van der Waals surface area contributed by atoms with Gasteiger partial charge in [-0.05, 0) is 64.4 Å². The maximum Gasteiger partial charge on any atom is 0.329 e. The number of morpholine rings is 1. The van der Waals surface area contributed by atoms with Crippen molar-refractivity contribution in [1.29, 1.82) is 0 Å². The lowest BCUT2D eigenvalue weighted by molar-refractivity contribution is -0.179. The van der Waals surface area contributed by atoms with E-state index in [9.17, 15) is 14.7 Å². The van der Waals surface area contributed by atoms with Gasteiger partial charge in [-0.2, -0.15) is 0 Å². The number of anilines is 1. The molecule has 0 aromatic heterocycles. The number of nitrogens with one attached hydrogen (secondary N) is 1.